The summed E-state index contributed by atoms with van der Waals surface area (Å²) in [5.74, 6) is 0.0596. The van der Waals surface area contributed by atoms with E-state index in [-0.39, 0.29) is 11.9 Å². The molecule has 3 heterocycles. The molecule has 0 aliphatic heterocycles. The van der Waals surface area contributed by atoms with E-state index in [4.69, 9.17) is 0 Å². The van der Waals surface area contributed by atoms with Gasteiger partial charge in [-0.05, 0) is 62.1 Å². The minimum atomic E-state index is -0.0797. The van der Waals surface area contributed by atoms with Gasteiger partial charge in [-0.1, -0.05) is 0 Å². The van der Waals surface area contributed by atoms with Crippen LogP contribution < -0.4 is 5.32 Å². The first-order valence-electron chi connectivity index (χ1n) is 9.23. The van der Waals surface area contributed by atoms with Crippen molar-refractivity contribution in [2.75, 3.05) is 0 Å². The zero-order chi connectivity index (χ0) is 19.4. The first kappa shape index (κ1) is 19.8. The van der Waals surface area contributed by atoms with Gasteiger partial charge in [0.15, 0.2) is 0 Å². The quantitative estimate of drug-likeness (QED) is 0.608. The Bertz CT molecular complexity index is 876. The summed E-state index contributed by atoms with van der Waals surface area (Å²) in [5.41, 5.74) is 4.42. The highest BCUT2D eigenvalue weighted by Gasteiger charge is 2.20. The van der Waals surface area contributed by atoms with Gasteiger partial charge in [-0.15, -0.1) is 11.3 Å². The fourth-order valence-corrected chi connectivity index (χ4v) is 4.63. The van der Waals surface area contributed by atoms with Gasteiger partial charge in [0.1, 0.15) is 5.01 Å². The van der Waals surface area contributed by atoms with E-state index in [0.717, 1.165) is 34.9 Å². The Kier molecular flexibility index (Phi) is 6.44. The number of thiazole rings is 1. The van der Waals surface area contributed by atoms with Crippen LogP contribution in [0.4, 0.5) is 0 Å². The molecule has 27 heavy (non-hydrogen) atoms. The standard InChI is InChI=1S/C20H26N4OS2/c1-5-24-11-17(14(3)23-24)6-7-19(25)22-18(10-16-8-9-26-12-16)20-21-13(2)15(4)27-20/h8-9,11-12,18H,5-7,10H2,1-4H3,(H,22,25)/t18-/m1/s1. The Morgan fingerprint density at radius 3 is 2.70 bits per heavy atom. The Balaban J connectivity index is 1.67. The van der Waals surface area contributed by atoms with Gasteiger partial charge in [-0.2, -0.15) is 16.4 Å². The highest BCUT2D eigenvalue weighted by molar-refractivity contribution is 7.11. The van der Waals surface area contributed by atoms with Crippen LogP contribution >= 0.6 is 22.7 Å². The Morgan fingerprint density at radius 2 is 2.11 bits per heavy atom. The predicted molar refractivity (Wildman–Crippen MR) is 111 cm³/mol. The molecule has 144 valence electrons. The molecule has 3 rings (SSSR count). The third-order valence-corrected chi connectivity index (χ3v) is 6.61. The highest BCUT2D eigenvalue weighted by atomic mass is 32.1. The number of thiophene rings is 1. The lowest BCUT2D eigenvalue weighted by atomic mass is 10.1. The predicted octanol–water partition coefficient (Wildman–Crippen LogP) is 4.38. The molecule has 0 aromatic carbocycles. The molecule has 3 aromatic rings. The molecule has 1 N–H and O–H groups in total. The summed E-state index contributed by atoms with van der Waals surface area (Å²) in [5, 5.41) is 12.9. The molecule has 0 saturated carbocycles. The SMILES string of the molecule is CCn1cc(CCC(=O)N[C@H](Cc2ccsc2)c2nc(C)c(C)s2)c(C)n1. The molecule has 0 unspecified atom stereocenters. The zero-order valence-electron chi connectivity index (χ0n) is 16.3. The van der Waals surface area contributed by atoms with Crippen LogP contribution in [0.1, 0.15) is 51.8 Å². The molecule has 1 atom stereocenters. The van der Waals surface area contributed by atoms with Gasteiger partial charge in [-0.25, -0.2) is 4.98 Å². The summed E-state index contributed by atoms with van der Waals surface area (Å²) >= 11 is 3.35. The monoisotopic (exact) mass is 402 g/mol. The Hall–Kier alpha value is -1.99. The molecule has 1 amide bonds. The van der Waals surface area contributed by atoms with E-state index in [1.54, 1.807) is 22.7 Å². The van der Waals surface area contributed by atoms with Crippen LogP contribution in [-0.2, 0) is 24.2 Å². The van der Waals surface area contributed by atoms with Crippen LogP contribution in [0.2, 0.25) is 0 Å². The van der Waals surface area contributed by atoms with E-state index in [0.29, 0.717) is 12.8 Å². The second-order valence-corrected chi connectivity index (χ2v) is 8.76. The van der Waals surface area contributed by atoms with Gasteiger partial charge < -0.3 is 5.32 Å². The van der Waals surface area contributed by atoms with Crippen molar-refractivity contribution in [3.05, 3.63) is 55.4 Å². The van der Waals surface area contributed by atoms with Gasteiger partial charge >= 0.3 is 0 Å². The van der Waals surface area contributed by atoms with Crippen molar-refractivity contribution in [2.45, 2.75) is 59.5 Å². The summed E-state index contributed by atoms with van der Waals surface area (Å²) in [4.78, 5) is 18.5. The lowest BCUT2D eigenvalue weighted by Crippen LogP contribution is -2.30. The number of aryl methyl sites for hydroxylation is 5. The van der Waals surface area contributed by atoms with E-state index >= 15 is 0 Å². The number of amides is 1. The van der Waals surface area contributed by atoms with Crippen LogP contribution in [0.15, 0.2) is 23.0 Å². The summed E-state index contributed by atoms with van der Waals surface area (Å²) < 4.78 is 1.92. The van der Waals surface area contributed by atoms with Crippen LogP contribution in [0, 0.1) is 20.8 Å². The minimum absolute atomic E-state index is 0.0596. The molecule has 0 spiro atoms. The third kappa shape index (κ3) is 5.05. The number of hydrogen-bond acceptors (Lipinski definition) is 5. The van der Waals surface area contributed by atoms with Crippen LogP contribution in [0.3, 0.4) is 0 Å². The third-order valence-electron chi connectivity index (χ3n) is 4.69. The average molecular weight is 403 g/mol. The van der Waals surface area contributed by atoms with Gasteiger partial charge in [0, 0.05) is 30.5 Å². The average Bonchev–Trinajstić information content (AvgIpc) is 3.34. The fraction of sp³-hybridized carbons (Fsp3) is 0.450. The molecular weight excluding hydrogens is 376 g/mol. The zero-order valence-corrected chi connectivity index (χ0v) is 17.9. The maximum absolute atomic E-state index is 12.6. The topological polar surface area (TPSA) is 59.8 Å². The number of rotatable bonds is 8. The lowest BCUT2D eigenvalue weighted by molar-refractivity contribution is -0.121. The molecule has 0 aliphatic carbocycles. The van der Waals surface area contributed by atoms with Crippen molar-refractivity contribution >= 4 is 28.6 Å². The van der Waals surface area contributed by atoms with E-state index in [9.17, 15) is 4.79 Å². The molecule has 0 aliphatic rings. The molecule has 0 bridgehead atoms. The number of aromatic nitrogens is 3. The van der Waals surface area contributed by atoms with E-state index in [1.807, 2.05) is 24.7 Å². The summed E-state index contributed by atoms with van der Waals surface area (Å²) in [7, 11) is 0. The van der Waals surface area contributed by atoms with Gasteiger partial charge in [0.2, 0.25) is 5.91 Å². The molecular formula is C20H26N4OS2. The van der Waals surface area contributed by atoms with Gasteiger partial charge in [-0.3, -0.25) is 9.48 Å². The van der Waals surface area contributed by atoms with Crippen molar-refractivity contribution in [1.82, 2.24) is 20.1 Å². The first-order valence-corrected chi connectivity index (χ1v) is 11.0. The van der Waals surface area contributed by atoms with E-state index in [2.05, 4.69) is 46.1 Å². The van der Waals surface area contributed by atoms with E-state index < -0.39 is 0 Å². The molecule has 0 fully saturated rings. The van der Waals surface area contributed by atoms with Crippen molar-refractivity contribution in [1.29, 1.82) is 0 Å². The largest absolute Gasteiger partial charge is 0.347 e. The van der Waals surface area contributed by atoms with Crippen molar-refractivity contribution in [3.8, 4) is 0 Å². The Labute approximate surface area is 168 Å². The molecule has 7 heteroatoms. The number of carbonyl (C=O) groups excluding carboxylic acids is 1. The number of carbonyl (C=O) groups is 1. The summed E-state index contributed by atoms with van der Waals surface area (Å²) in [6.07, 6.45) is 3.98. The van der Waals surface area contributed by atoms with Crippen LogP contribution in [0.25, 0.3) is 0 Å². The number of nitrogens with zero attached hydrogens (tertiary/aromatic N) is 3. The van der Waals surface area contributed by atoms with Crippen molar-refractivity contribution in [3.63, 3.8) is 0 Å². The molecule has 5 nitrogen and oxygen atoms in total. The molecule has 0 saturated heterocycles. The second-order valence-electron chi connectivity index (χ2n) is 6.74. The maximum Gasteiger partial charge on any atom is 0.220 e. The van der Waals surface area contributed by atoms with Gasteiger partial charge in [0.25, 0.3) is 0 Å². The fourth-order valence-electron chi connectivity index (χ4n) is 2.97. The van der Waals surface area contributed by atoms with Crippen molar-refractivity contribution in [2.24, 2.45) is 0 Å². The molecule has 3 aromatic heterocycles. The normalized spacial score (nSPS) is 12.3. The highest BCUT2D eigenvalue weighted by Crippen LogP contribution is 2.26. The van der Waals surface area contributed by atoms with Crippen LogP contribution in [-0.4, -0.2) is 20.7 Å². The number of hydrogen-bond donors (Lipinski definition) is 1. The minimum Gasteiger partial charge on any atom is -0.347 e. The van der Waals surface area contributed by atoms with Gasteiger partial charge in [0.05, 0.1) is 17.4 Å². The van der Waals surface area contributed by atoms with Crippen LogP contribution in [0.5, 0.6) is 0 Å². The first-order chi connectivity index (χ1) is 13.0. The summed E-state index contributed by atoms with van der Waals surface area (Å²) in [6, 6.07) is 2.03. The number of nitrogens with one attached hydrogen (secondary N) is 1. The summed E-state index contributed by atoms with van der Waals surface area (Å²) in [6.45, 7) is 9.01. The lowest BCUT2D eigenvalue weighted by Gasteiger charge is -2.16. The Morgan fingerprint density at radius 1 is 1.30 bits per heavy atom. The maximum atomic E-state index is 12.6. The van der Waals surface area contributed by atoms with Crippen molar-refractivity contribution < 1.29 is 4.79 Å². The smallest absolute Gasteiger partial charge is 0.220 e. The second kappa shape index (κ2) is 8.80. The molecule has 0 radical (unpaired) electrons. The van der Waals surface area contributed by atoms with E-state index in [1.165, 1.54) is 10.4 Å².